The number of aromatic amines is 1. The first-order valence-electron chi connectivity index (χ1n) is 12.7. The number of nitrogens with zero attached hydrogens (tertiary/aromatic N) is 7. The molecule has 4 aromatic rings. The van der Waals surface area contributed by atoms with Crippen molar-refractivity contribution in [3.63, 3.8) is 0 Å². The molecule has 2 aliphatic rings. The maximum absolute atomic E-state index is 13.1. The number of ether oxygens (including phenoxy) is 2. The Balaban J connectivity index is 1.20. The van der Waals surface area contributed by atoms with Crippen molar-refractivity contribution in [1.29, 1.82) is 0 Å². The van der Waals surface area contributed by atoms with Gasteiger partial charge in [-0.25, -0.2) is 24.5 Å². The highest BCUT2D eigenvalue weighted by atomic mass is 31.2. The molecule has 0 radical (unpaired) electrons. The number of phosphoric acid groups is 1. The van der Waals surface area contributed by atoms with Gasteiger partial charge in [-0.2, -0.15) is 4.98 Å². The third kappa shape index (κ3) is 5.14. The van der Waals surface area contributed by atoms with Crippen LogP contribution in [0.3, 0.4) is 0 Å². The van der Waals surface area contributed by atoms with Gasteiger partial charge < -0.3 is 46.3 Å². The van der Waals surface area contributed by atoms with Crippen LogP contribution in [0.15, 0.2) is 23.8 Å². The first-order valence-corrected chi connectivity index (χ1v) is 14.2. The van der Waals surface area contributed by atoms with Gasteiger partial charge in [-0.05, 0) is 0 Å². The number of aliphatic hydroxyl groups is 4. The van der Waals surface area contributed by atoms with E-state index in [1.807, 2.05) is 0 Å². The molecule has 232 valence electrons. The van der Waals surface area contributed by atoms with Gasteiger partial charge in [0.05, 0.1) is 32.5 Å². The van der Waals surface area contributed by atoms with E-state index in [-0.39, 0.29) is 40.5 Å². The number of imidazole rings is 2. The summed E-state index contributed by atoms with van der Waals surface area (Å²) in [5.74, 6) is -0.151. The summed E-state index contributed by atoms with van der Waals surface area (Å²) in [4.78, 5) is 45.2. The zero-order chi connectivity index (χ0) is 30.7. The molecule has 0 amide bonds. The summed E-state index contributed by atoms with van der Waals surface area (Å²) < 4.78 is 37.7. The number of nitrogens with two attached hydrogens (primary N) is 2. The smallest absolute Gasteiger partial charge is 0.393 e. The number of rotatable bonds is 9. The van der Waals surface area contributed by atoms with E-state index in [1.54, 1.807) is 0 Å². The molecule has 22 heteroatoms. The number of aromatic nitrogens is 8. The van der Waals surface area contributed by atoms with Gasteiger partial charge in [0.15, 0.2) is 35.1 Å². The number of H-pyrrole nitrogens is 1. The second-order valence-electron chi connectivity index (χ2n) is 10.0. The van der Waals surface area contributed by atoms with Crippen molar-refractivity contribution >= 4 is 41.9 Å². The summed E-state index contributed by atoms with van der Waals surface area (Å²) in [5.41, 5.74) is 9.47. The Hall–Kier alpha value is -3.63. The Morgan fingerprint density at radius 3 is 2.47 bits per heavy atom. The number of phosphoric ester groups is 1. The lowest BCUT2D eigenvalue weighted by atomic mass is 10.0. The molecule has 6 rings (SSSR count). The molecule has 2 saturated heterocycles. The Labute approximate surface area is 239 Å². The van der Waals surface area contributed by atoms with Crippen LogP contribution < -0.4 is 17.0 Å². The van der Waals surface area contributed by atoms with Gasteiger partial charge in [0, 0.05) is 6.42 Å². The minimum absolute atomic E-state index is 0.0539. The van der Waals surface area contributed by atoms with E-state index in [9.17, 15) is 34.7 Å². The highest BCUT2D eigenvalue weighted by Gasteiger charge is 2.51. The monoisotopic (exact) mass is 626 g/mol. The predicted octanol–water partition coefficient (Wildman–Crippen LogP) is -3.11. The van der Waals surface area contributed by atoms with Crippen LogP contribution >= 0.6 is 7.82 Å². The molecule has 7 atom stereocenters. The van der Waals surface area contributed by atoms with Gasteiger partial charge >= 0.3 is 7.82 Å². The fourth-order valence-corrected chi connectivity index (χ4v) is 5.99. The van der Waals surface area contributed by atoms with E-state index >= 15 is 0 Å². The molecule has 10 N–H and O–H groups in total. The number of nitrogen functional groups attached to an aromatic ring is 2. The summed E-state index contributed by atoms with van der Waals surface area (Å²) >= 11 is 0. The third-order valence-electron chi connectivity index (χ3n) is 7.23. The molecule has 4 aromatic heterocycles. The summed E-state index contributed by atoms with van der Waals surface area (Å²) in [7, 11) is -4.98. The standard InChI is InChI=1S/C21H27N10O11P/c22-14-10-15(25-5-24-14)30(6-26-10)19-13(35)12(34)9(40-19)2-39-43(37,38)42-8-1-21(3-32,4-33)41-18(8)31-7-27-11-16(31)28-20(23)29-17(11)36/h5-9,12-13,18-19,32-35H,1-4H2,(H,37,38)(H2,22,24,25)(H3,23,28,29,36)/t8-,9-,12-,13-,18-,19-/m1/s1. The Kier molecular flexibility index (Phi) is 7.41. The summed E-state index contributed by atoms with van der Waals surface area (Å²) in [6, 6.07) is 0. The molecule has 2 aliphatic heterocycles. The van der Waals surface area contributed by atoms with Gasteiger partial charge in [-0.1, -0.05) is 0 Å². The minimum Gasteiger partial charge on any atom is -0.393 e. The van der Waals surface area contributed by atoms with E-state index in [2.05, 4.69) is 29.9 Å². The molecule has 0 aliphatic carbocycles. The van der Waals surface area contributed by atoms with E-state index < -0.39 is 75.7 Å². The summed E-state index contributed by atoms with van der Waals surface area (Å²) in [6.07, 6.45) is -4.94. The van der Waals surface area contributed by atoms with E-state index in [0.29, 0.717) is 0 Å². The lowest BCUT2D eigenvalue weighted by Gasteiger charge is -2.24. The van der Waals surface area contributed by atoms with Crippen LogP contribution in [0.5, 0.6) is 0 Å². The number of nitrogens with one attached hydrogen (secondary N) is 1. The average molecular weight is 626 g/mol. The van der Waals surface area contributed by atoms with Crippen LogP contribution in [-0.2, 0) is 23.1 Å². The van der Waals surface area contributed by atoms with Crippen LogP contribution in [0.4, 0.5) is 11.8 Å². The van der Waals surface area contributed by atoms with E-state index in [0.717, 1.165) is 6.33 Å². The lowest BCUT2D eigenvalue weighted by molar-refractivity contribution is -0.127. The first kappa shape index (κ1) is 29.4. The van der Waals surface area contributed by atoms with Gasteiger partial charge in [0.1, 0.15) is 41.9 Å². The normalized spacial score (nSPS) is 28.6. The predicted molar refractivity (Wildman–Crippen MR) is 141 cm³/mol. The zero-order valence-corrected chi connectivity index (χ0v) is 22.8. The zero-order valence-electron chi connectivity index (χ0n) is 21.9. The maximum atomic E-state index is 13.1. The Bertz CT molecular complexity index is 1760. The Morgan fingerprint density at radius 2 is 1.74 bits per heavy atom. The fourth-order valence-electron chi connectivity index (χ4n) is 5.08. The molecule has 21 nitrogen and oxygen atoms in total. The van der Waals surface area contributed by atoms with E-state index in [1.165, 1.54) is 21.8 Å². The number of fused-ring (bicyclic) bond motifs is 2. The molecule has 43 heavy (non-hydrogen) atoms. The van der Waals surface area contributed by atoms with Crippen molar-refractivity contribution in [3.8, 4) is 0 Å². The number of aliphatic hydroxyl groups excluding tert-OH is 4. The van der Waals surface area contributed by atoms with Crippen molar-refractivity contribution < 1.29 is 48.4 Å². The van der Waals surface area contributed by atoms with E-state index in [4.69, 9.17) is 30.0 Å². The van der Waals surface area contributed by atoms with Crippen molar-refractivity contribution in [2.75, 3.05) is 31.3 Å². The first-order chi connectivity index (χ1) is 20.5. The summed E-state index contributed by atoms with van der Waals surface area (Å²) in [5, 5.41) is 41.1. The molecule has 0 bridgehead atoms. The molecule has 6 heterocycles. The number of hydrogen-bond donors (Lipinski definition) is 8. The van der Waals surface area contributed by atoms with Crippen LogP contribution in [0.25, 0.3) is 22.3 Å². The van der Waals surface area contributed by atoms with Crippen LogP contribution in [0.2, 0.25) is 0 Å². The minimum atomic E-state index is -4.98. The van der Waals surface area contributed by atoms with Gasteiger partial charge in [0.25, 0.3) is 5.56 Å². The van der Waals surface area contributed by atoms with Gasteiger partial charge in [-0.3, -0.25) is 28.0 Å². The molecule has 1 unspecified atom stereocenters. The summed E-state index contributed by atoms with van der Waals surface area (Å²) in [6.45, 7) is -2.10. The highest BCUT2D eigenvalue weighted by molar-refractivity contribution is 7.47. The molecule has 0 saturated carbocycles. The average Bonchev–Trinajstić information content (AvgIpc) is 3.73. The quantitative estimate of drug-likeness (QED) is 0.0852. The van der Waals surface area contributed by atoms with Crippen LogP contribution in [0.1, 0.15) is 18.9 Å². The van der Waals surface area contributed by atoms with Crippen LogP contribution in [0, 0.1) is 0 Å². The molecular weight excluding hydrogens is 599 g/mol. The largest absolute Gasteiger partial charge is 0.472 e. The topological polar surface area (TPSA) is 314 Å². The Morgan fingerprint density at radius 1 is 1.05 bits per heavy atom. The van der Waals surface area contributed by atoms with Crippen molar-refractivity contribution in [3.05, 3.63) is 29.3 Å². The van der Waals surface area contributed by atoms with Crippen molar-refractivity contribution in [2.45, 2.75) is 48.9 Å². The highest BCUT2D eigenvalue weighted by Crippen LogP contribution is 2.51. The number of anilines is 2. The second-order valence-corrected chi connectivity index (χ2v) is 11.4. The SMILES string of the molecule is Nc1nc2c(ncn2[C@@H]2OC(CO)(CO)C[C@H]2OP(=O)(O)OC[C@H]2O[C@@H](n3cnc4c(N)ncnc43)[C@H](O)[C@@H]2O)c(=O)[nH]1. The van der Waals surface area contributed by atoms with Crippen molar-refractivity contribution in [2.24, 2.45) is 0 Å². The third-order valence-corrected chi connectivity index (χ3v) is 8.24. The second kappa shape index (κ2) is 10.8. The molecule has 0 spiro atoms. The lowest BCUT2D eigenvalue weighted by Crippen LogP contribution is -2.37. The maximum Gasteiger partial charge on any atom is 0.472 e. The molecule has 0 aromatic carbocycles. The fraction of sp³-hybridized carbons (Fsp3) is 0.524. The molecular formula is C21H27N10O11P. The van der Waals surface area contributed by atoms with Gasteiger partial charge in [0.2, 0.25) is 5.95 Å². The molecule has 2 fully saturated rings. The van der Waals surface area contributed by atoms with Crippen LogP contribution in [-0.4, -0.2) is 114 Å². The number of hydrogen-bond acceptors (Lipinski definition) is 17. The van der Waals surface area contributed by atoms with Crippen molar-refractivity contribution in [1.82, 2.24) is 39.0 Å². The van der Waals surface area contributed by atoms with Gasteiger partial charge in [-0.15, -0.1) is 0 Å².